The normalized spacial score (nSPS) is 21.8. The third kappa shape index (κ3) is 6.11. The third-order valence-electron chi connectivity index (χ3n) is 5.57. The first-order valence-electron chi connectivity index (χ1n) is 10.4. The van der Waals surface area contributed by atoms with Crippen LogP contribution in [-0.4, -0.2) is 68.8 Å². The summed E-state index contributed by atoms with van der Waals surface area (Å²) >= 11 is 0. The van der Waals surface area contributed by atoms with E-state index in [9.17, 15) is 26.4 Å². The topological polar surface area (TPSA) is 76.2 Å². The number of carbonyl (C=O) groups excluding carboxylic acids is 1. The van der Waals surface area contributed by atoms with Crippen LogP contribution in [0, 0.1) is 5.92 Å². The number of rotatable bonds is 6. The molecule has 1 unspecified atom stereocenters. The summed E-state index contributed by atoms with van der Waals surface area (Å²) in [5, 5.41) is 0. The van der Waals surface area contributed by atoms with E-state index in [1.807, 2.05) is 6.92 Å². The van der Waals surface area contributed by atoms with Crippen LogP contribution in [-0.2, 0) is 19.6 Å². The molecule has 1 amide bonds. The summed E-state index contributed by atoms with van der Waals surface area (Å²) in [5.41, 5.74) is 0. The molecule has 0 spiro atoms. The Balaban J connectivity index is 1.61. The fourth-order valence-corrected chi connectivity index (χ4v) is 5.60. The lowest BCUT2D eigenvalue weighted by Crippen LogP contribution is -2.48. The highest BCUT2D eigenvalue weighted by Gasteiger charge is 2.36. The van der Waals surface area contributed by atoms with Gasteiger partial charge in [-0.25, -0.2) is 8.42 Å². The van der Waals surface area contributed by atoms with Gasteiger partial charge in [-0.1, -0.05) is 6.07 Å². The van der Waals surface area contributed by atoms with Crippen molar-refractivity contribution in [3.63, 3.8) is 0 Å². The number of nitrogens with zero attached hydrogens (tertiary/aromatic N) is 2. The summed E-state index contributed by atoms with van der Waals surface area (Å²) in [6, 6.07) is 4.35. The van der Waals surface area contributed by atoms with Crippen LogP contribution in [0.4, 0.5) is 13.2 Å². The lowest BCUT2D eigenvalue weighted by Gasteiger charge is -2.37. The van der Waals surface area contributed by atoms with E-state index in [0.29, 0.717) is 32.5 Å². The molecule has 0 radical (unpaired) electrons. The zero-order valence-electron chi connectivity index (χ0n) is 17.3. The Hall–Kier alpha value is -1.85. The molecule has 174 valence electrons. The van der Waals surface area contributed by atoms with Crippen molar-refractivity contribution in [1.82, 2.24) is 9.21 Å². The van der Waals surface area contributed by atoms with Gasteiger partial charge in [-0.3, -0.25) is 4.79 Å². The van der Waals surface area contributed by atoms with E-state index in [1.165, 1.54) is 16.4 Å². The van der Waals surface area contributed by atoms with Gasteiger partial charge in [0.1, 0.15) is 5.75 Å². The molecule has 3 rings (SSSR count). The molecular weight excluding hydrogens is 437 g/mol. The van der Waals surface area contributed by atoms with Gasteiger partial charge in [-0.2, -0.15) is 4.31 Å². The predicted molar refractivity (Wildman–Crippen MR) is 106 cm³/mol. The number of carbonyl (C=O) groups is 1. The summed E-state index contributed by atoms with van der Waals surface area (Å²) in [4.78, 5) is 14.4. The van der Waals surface area contributed by atoms with Crippen LogP contribution in [0.2, 0.25) is 0 Å². The minimum Gasteiger partial charge on any atom is -0.406 e. The minimum absolute atomic E-state index is 0.0158. The molecule has 11 heteroatoms. The summed E-state index contributed by atoms with van der Waals surface area (Å²) in [6.45, 7) is 4.00. The van der Waals surface area contributed by atoms with E-state index >= 15 is 0 Å². The van der Waals surface area contributed by atoms with Crippen LogP contribution >= 0.6 is 0 Å². The van der Waals surface area contributed by atoms with E-state index in [0.717, 1.165) is 25.0 Å². The van der Waals surface area contributed by atoms with Gasteiger partial charge in [0, 0.05) is 44.8 Å². The average Bonchev–Trinajstić information content (AvgIpc) is 2.73. The van der Waals surface area contributed by atoms with Crippen LogP contribution in [0.1, 0.15) is 32.6 Å². The molecule has 2 heterocycles. The summed E-state index contributed by atoms with van der Waals surface area (Å²) in [7, 11) is -3.99. The van der Waals surface area contributed by atoms with Crippen LogP contribution in [0.25, 0.3) is 0 Å². The number of halogens is 3. The molecule has 1 atom stereocenters. The number of piperidine rings is 2. The van der Waals surface area contributed by atoms with Crippen molar-refractivity contribution in [2.45, 2.75) is 50.0 Å². The highest BCUT2D eigenvalue weighted by Crippen LogP contribution is 2.29. The molecule has 0 aliphatic carbocycles. The van der Waals surface area contributed by atoms with E-state index in [4.69, 9.17) is 4.74 Å². The molecule has 2 aliphatic heterocycles. The Morgan fingerprint density at radius 3 is 2.52 bits per heavy atom. The highest BCUT2D eigenvalue weighted by molar-refractivity contribution is 7.89. The molecule has 0 aromatic heterocycles. The van der Waals surface area contributed by atoms with E-state index in [2.05, 4.69) is 4.74 Å². The number of hydrogen-bond acceptors (Lipinski definition) is 5. The Morgan fingerprint density at radius 2 is 1.87 bits per heavy atom. The van der Waals surface area contributed by atoms with Crippen LogP contribution < -0.4 is 4.74 Å². The van der Waals surface area contributed by atoms with Crippen molar-refractivity contribution < 1.29 is 35.9 Å². The Morgan fingerprint density at radius 1 is 1.16 bits per heavy atom. The van der Waals surface area contributed by atoms with Crippen molar-refractivity contribution in [2.24, 2.45) is 5.92 Å². The van der Waals surface area contributed by atoms with Gasteiger partial charge in [0.2, 0.25) is 15.9 Å². The van der Waals surface area contributed by atoms with Gasteiger partial charge >= 0.3 is 6.36 Å². The number of hydrogen-bond donors (Lipinski definition) is 0. The molecule has 2 saturated heterocycles. The number of alkyl halides is 3. The fraction of sp³-hybridized carbons (Fsp3) is 0.650. The predicted octanol–water partition coefficient (Wildman–Crippen LogP) is 3.01. The maximum Gasteiger partial charge on any atom is 0.573 e. The summed E-state index contributed by atoms with van der Waals surface area (Å²) in [6.07, 6.45) is -2.34. The number of amides is 1. The number of benzene rings is 1. The van der Waals surface area contributed by atoms with Crippen LogP contribution in [0.3, 0.4) is 0 Å². The van der Waals surface area contributed by atoms with Crippen molar-refractivity contribution in [3.8, 4) is 5.75 Å². The number of ether oxygens (including phenoxy) is 2. The van der Waals surface area contributed by atoms with E-state index in [-0.39, 0.29) is 35.9 Å². The van der Waals surface area contributed by atoms with E-state index in [1.54, 1.807) is 4.90 Å². The number of sulfonamides is 1. The largest absolute Gasteiger partial charge is 0.573 e. The van der Waals surface area contributed by atoms with E-state index < -0.39 is 22.1 Å². The second kappa shape index (κ2) is 9.74. The van der Waals surface area contributed by atoms with Crippen molar-refractivity contribution in [2.75, 3.05) is 32.8 Å². The average molecular weight is 465 g/mol. The molecule has 0 N–H and O–H groups in total. The molecule has 2 fully saturated rings. The molecule has 2 aliphatic rings. The number of likely N-dealkylation sites (tertiary alicyclic amines) is 1. The fourth-order valence-electron chi connectivity index (χ4n) is 4.09. The van der Waals surface area contributed by atoms with Gasteiger partial charge < -0.3 is 14.4 Å². The van der Waals surface area contributed by atoms with Crippen molar-refractivity contribution in [3.05, 3.63) is 24.3 Å². The first-order chi connectivity index (χ1) is 14.6. The maximum absolute atomic E-state index is 12.9. The first kappa shape index (κ1) is 23.8. The maximum atomic E-state index is 12.9. The summed E-state index contributed by atoms with van der Waals surface area (Å²) < 4.78 is 73.7. The summed E-state index contributed by atoms with van der Waals surface area (Å²) in [5.74, 6) is -0.846. The lowest BCUT2D eigenvalue weighted by molar-refractivity contribution is -0.274. The van der Waals surface area contributed by atoms with Gasteiger partial charge in [0.15, 0.2) is 0 Å². The second-order valence-electron chi connectivity index (χ2n) is 7.70. The van der Waals surface area contributed by atoms with Gasteiger partial charge in [0.25, 0.3) is 0 Å². The van der Waals surface area contributed by atoms with Crippen LogP contribution in [0.5, 0.6) is 5.75 Å². The van der Waals surface area contributed by atoms with Gasteiger partial charge in [-0.05, 0) is 44.7 Å². The van der Waals surface area contributed by atoms with Crippen molar-refractivity contribution >= 4 is 15.9 Å². The standard InChI is InChI=1S/C20H27F3N2O5S/c1-2-29-17-6-4-10-24(14-17)19(26)15-8-11-25(12-9-15)31(27,28)18-7-3-5-16(13-18)30-20(21,22)23/h3,5,7,13,15,17H,2,4,6,8-12,14H2,1H3. The van der Waals surface area contributed by atoms with Crippen LogP contribution in [0.15, 0.2) is 29.2 Å². The monoisotopic (exact) mass is 464 g/mol. The SMILES string of the molecule is CCOC1CCCN(C(=O)C2CCN(S(=O)(=O)c3cccc(OC(F)(F)F)c3)CC2)C1. The smallest absolute Gasteiger partial charge is 0.406 e. The highest BCUT2D eigenvalue weighted by atomic mass is 32.2. The zero-order valence-corrected chi connectivity index (χ0v) is 18.1. The Labute approximate surface area is 180 Å². The molecule has 31 heavy (non-hydrogen) atoms. The minimum atomic E-state index is -4.91. The Bertz CT molecular complexity index is 868. The molecular formula is C20H27F3N2O5S. The molecule has 0 bridgehead atoms. The molecule has 1 aromatic rings. The molecule has 7 nitrogen and oxygen atoms in total. The third-order valence-corrected chi connectivity index (χ3v) is 7.47. The quantitative estimate of drug-likeness (QED) is 0.647. The first-order valence-corrected chi connectivity index (χ1v) is 11.8. The van der Waals surface area contributed by atoms with Gasteiger partial charge in [0.05, 0.1) is 11.0 Å². The Kier molecular flexibility index (Phi) is 7.48. The van der Waals surface area contributed by atoms with Crippen molar-refractivity contribution in [1.29, 1.82) is 0 Å². The molecule has 0 saturated carbocycles. The lowest BCUT2D eigenvalue weighted by atomic mass is 9.95. The zero-order chi connectivity index (χ0) is 22.6. The van der Waals surface area contributed by atoms with Gasteiger partial charge in [-0.15, -0.1) is 13.2 Å². The second-order valence-corrected chi connectivity index (χ2v) is 9.64. The molecule has 1 aromatic carbocycles.